The smallest absolute Gasteiger partial charge is 0.106 e. The molecule has 4 aliphatic rings. The number of epoxide rings is 1. The fourth-order valence-corrected chi connectivity index (χ4v) is 8.06. The Morgan fingerprint density at radius 1 is 0.917 bits per heavy atom. The van der Waals surface area contributed by atoms with Crippen LogP contribution in [0.15, 0.2) is 30.3 Å². The Labute approximate surface area is 147 Å². The third kappa shape index (κ3) is 1.57. The van der Waals surface area contributed by atoms with E-state index in [0.717, 1.165) is 5.92 Å². The molecular weight excluding hydrogens is 292 g/mol. The third-order valence-corrected chi connectivity index (χ3v) is 9.02. The normalized spacial score (nSPS) is 51.4. The molecule has 24 heavy (non-hydrogen) atoms. The van der Waals surface area contributed by atoms with E-state index in [0.29, 0.717) is 28.3 Å². The van der Waals surface area contributed by atoms with Gasteiger partial charge in [0.15, 0.2) is 0 Å². The lowest BCUT2D eigenvalue weighted by Gasteiger charge is -2.62. The van der Waals surface area contributed by atoms with Gasteiger partial charge in [0, 0.05) is 10.8 Å². The molecule has 5 rings (SSSR count). The Bertz CT molecular complexity index is 664. The van der Waals surface area contributed by atoms with Crippen LogP contribution in [0.4, 0.5) is 0 Å². The number of rotatable bonds is 1. The number of hydrogen-bond acceptors (Lipinski definition) is 1. The van der Waals surface area contributed by atoms with Crippen molar-refractivity contribution in [3.63, 3.8) is 0 Å². The second-order valence-corrected chi connectivity index (χ2v) is 10.3. The first kappa shape index (κ1) is 15.4. The quantitative estimate of drug-likeness (QED) is 0.582. The SMILES string of the molecule is CC1(C)CCC[C@]2(C)[C@@H]1CC[C@@]1(C)[C@H](c3ccccc3)C[C@@H]3O[C@@]312. The van der Waals surface area contributed by atoms with Gasteiger partial charge >= 0.3 is 0 Å². The van der Waals surface area contributed by atoms with Gasteiger partial charge < -0.3 is 4.74 Å². The Hall–Kier alpha value is -0.820. The van der Waals surface area contributed by atoms with Crippen molar-refractivity contribution in [2.45, 2.75) is 83.8 Å². The topological polar surface area (TPSA) is 12.5 Å². The molecule has 1 aromatic rings. The molecule has 4 fully saturated rings. The Kier molecular flexibility index (Phi) is 2.87. The molecule has 0 unspecified atom stereocenters. The van der Waals surface area contributed by atoms with E-state index in [1.807, 2.05) is 0 Å². The molecule has 0 amide bonds. The van der Waals surface area contributed by atoms with Crippen molar-refractivity contribution in [1.82, 2.24) is 0 Å². The molecule has 1 aliphatic heterocycles. The highest BCUT2D eigenvalue weighted by atomic mass is 16.6. The summed E-state index contributed by atoms with van der Waals surface area (Å²) in [6, 6.07) is 11.3. The average molecular weight is 325 g/mol. The largest absolute Gasteiger partial charge is 0.365 e. The molecule has 0 N–H and O–H groups in total. The van der Waals surface area contributed by atoms with Crippen LogP contribution in [0.2, 0.25) is 0 Å². The zero-order valence-corrected chi connectivity index (χ0v) is 15.8. The molecule has 1 heterocycles. The standard InChI is InChI=1S/C23H32O/c1-20(2)12-8-13-22(4)18(20)11-14-21(3)17(15-19-23(21,22)24-19)16-9-6-5-7-10-16/h5-7,9-10,17-19H,8,11-15H2,1-4H3/t17-,18+,19-,21-,22+,23-/m0/s1. The highest BCUT2D eigenvalue weighted by Crippen LogP contribution is 2.80. The fraction of sp³-hybridized carbons (Fsp3) is 0.739. The Morgan fingerprint density at radius 3 is 2.42 bits per heavy atom. The number of benzene rings is 1. The predicted octanol–water partition coefficient (Wildman–Crippen LogP) is 5.94. The van der Waals surface area contributed by atoms with Crippen molar-refractivity contribution in [3.8, 4) is 0 Å². The lowest BCUT2D eigenvalue weighted by molar-refractivity contribution is -0.147. The molecule has 6 atom stereocenters. The Morgan fingerprint density at radius 2 is 1.67 bits per heavy atom. The highest BCUT2D eigenvalue weighted by molar-refractivity contribution is 5.38. The maximum Gasteiger partial charge on any atom is 0.106 e. The zero-order valence-electron chi connectivity index (χ0n) is 15.8. The summed E-state index contributed by atoms with van der Waals surface area (Å²) in [5.41, 5.74) is 2.87. The van der Waals surface area contributed by atoms with Gasteiger partial charge in [-0.1, -0.05) is 64.4 Å². The lowest BCUT2D eigenvalue weighted by Crippen LogP contribution is -2.60. The van der Waals surface area contributed by atoms with Crippen LogP contribution in [0.5, 0.6) is 0 Å². The van der Waals surface area contributed by atoms with E-state index in [1.54, 1.807) is 5.56 Å². The van der Waals surface area contributed by atoms with Gasteiger partial charge in [-0.05, 0) is 54.9 Å². The van der Waals surface area contributed by atoms with Crippen LogP contribution >= 0.6 is 0 Å². The van der Waals surface area contributed by atoms with Crippen molar-refractivity contribution in [1.29, 1.82) is 0 Å². The van der Waals surface area contributed by atoms with Crippen LogP contribution in [-0.4, -0.2) is 11.7 Å². The van der Waals surface area contributed by atoms with E-state index >= 15 is 0 Å². The average Bonchev–Trinajstić information content (AvgIpc) is 3.21. The first-order valence-electron chi connectivity index (χ1n) is 10.1. The van der Waals surface area contributed by atoms with Crippen LogP contribution in [-0.2, 0) is 4.74 Å². The molecule has 3 aliphatic carbocycles. The molecule has 1 spiro atoms. The van der Waals surface area contributed by atoms with Gasteiger partial charge in [-0.3, -0.25) is 0 Å². The predicted molar refractivity (Wildman–Crippen MR) is 98.0 cm³/mol. The summed E-state index contributed by atoms with van der Waals surface area (Å²) in [7, 11) is 0. The van der Waals surface area contributed by atoms with Crippen molar-refractivity contribution in [2.75, 3.05) is 0 Å². The Balaban J connectivity index is 1.60. The molecule has 1 heteroatoms. The molecule has 1 aromatic carbocycles. The highest BCUT2D eigenvalue weighted by Gasteiger charge is 2.83. The lowest BCUT2D eigenvalue weighted by atomic mass is 9.42. The van der Waals surface area contributed by atoms with Gasteiger partial charge in [-0.25, -0.2) is 0 Å². The van der Waals surface area contributed by atoms with Gasteiger partial charge in [-0.2, -0.15) is 0 Å². The number of hydrogen-bond donors (Lipinski definition) is 0. The zero-order chi connectivity index (χ0) is 16.8. The van der Waals surface area contributed by atoms with E-state index in [2.05, 4.69) is 58.0 Å². The van der Waals surface area contributed by atoms with Crippen LogP contribution in [0.3, 0.4) is 0 Å². The van der Waals surface area contributed by atoms with Gasteiger partial charge in [0.05, 0.1) is 6.10 Å². The van der Waals surface area contributed by atoms with Gasteiger partial charge in [0.25, 0.3) is 0 Å². The van der Waals surface area contributed by atoms with E-state index in [1.165, 1.54) is 38.5 Å². The van der Waals surface area contributed by atoms with Crippen molar-refractivity contribution >= 4 is 0 Å². The minimum absolute atomic E-state index is 0.154. The molecular formula is C23H32O. The minimum atomic E-state index is 0.154. The monoisotopic (exact) mass is 324 g/mol. The summed E-state index contributed by atoms with van der Waals surface area (Å²) in [5.74, 6) is 1.51. The first-order valence-corrected chi connectivity index (χ1v) is 10.1. The molecule has 0 radical (unpaired) electrons. The number of fused-ring (bicyclic) bond motifs is 1. The van der Waals surface area contributed by atoms with Crippen molar-refractivity contribution in [2.24, 2.45) is 22.2 Å². The van der Waals surface area contributed by atoms with Crippen LogP contribution < -0.4 is 0 Å². The van der Waals surface area contributed by atoms with Crippen LogP contribution in [0, 0.1) is 22.2 Å². The van der Waals surface area contributed by atoms with E-state index in [9.17, 15) is 0 Å². The number of ether oxygens (including phenoxy) is 1. The van der Waals surface area contributed by atoms with Crippen molar-refractivity contribution < 1.29 is 4.74 Å². The van der Waals surface area contributed by atoms with E-state index < -0.39 is 0 Å². The molecule has 0 aromatic heterocycles. The van der Waals surface area contributed by atoms with Crippen LogP contribution in [0.25, 0.3) is 0 Å². The maximum absolute atomic E-state index is 6.66. The van der Waals surface area contributed by atoms with Gasteiger partial charge in [-0.15, -0.1) is 0 Å². The maximum atomic E-state index is 6.66. The van der Waals surface area contributed by atoms with Crippen molar-refractivity contribution in [3.05, 3.63) is 35.9 Å². The summed E-state index contributed by atoms with van der Waals surface area (Å²) >= 11 is 0. The first-order chi connectivity index (χ1) is 11.4. The second-order valence-electron chi connectivity index (χ2n) is 10.3. The molecule has 1 saturated heterocycles. The summed E-state index contributed by atoms with van der Waals surface area (Å²) in [6.45, 7) is 10.2. The van der Waals surface area contributed by atoms with Gasteiger partial charge in [0.2, 0.25) is 0 Å². The molecule has 0 bridgehead atoms. The second kappa shape index (κ2) is 4.47. The van der Waals surface area contributed by atoms with Crippen LogP contribution in [0.1, 0.15) is 77.7 Å². The summed E-state index contributed by atoms with van der Waals surface area (Å²) in [5, 5.41) is 0. The molecule has 1 nitrogen and oxygen atoms in total. The van der Waals surface area contributed by atoms with E-state index in [4.69, 9.17) is 4.74 Å². The summed E-state index contributed by atoms with van der Waals surface area (Å²) < 4.78 is 6.66. The van der Waals surface area contributed by atoms with E-state index in [-0.39, 0.29) is 5.60 Å². The minimum Gasteiger partial charge on any atom is -0.365 e. The summed E-state index contributed by atoms with van der Waals surface area (Å²) in [6.07, 6.45) is 8.62. The third-order valence-electron chi connectivity index (χ3n) is 9.02. The summed E-state index contributed by atoms with van der Waals surface area (Å²) in [4.78, 5) is 0. The van der Waals surface area contributed by atoms with Gasteiger partial charge in [0.1, 0.15) is 5.60 Å². The molecule has 3 saturated carbocycles. The molecule has 130 valence electrons. The fourth-order valence-electron chi connectivity index (χ4n) is 8.06.